The highest BCUT2D eigenvalue weighted by molar-refractivity contribution is 9.09. The molecule has 2 spiro atoms. The molecule has 2 saturated heterocycles. The van der Waals surface area contributed by atoms with Crippen molar-refractivity contribution in [2.75, 3.05) is 38.1 Å². The zero-order valence-corrected chi connectivity index (χ0v) is 35.7. The van der Waals surface area contributed by atoms with E-state index in [1.165, 1.54) is 36.4 Å². The summed E-state index contributed by atoms with van der Waals surface area (Å²) in [5.41, 5.74) is 0.603. The van der Waals surface area contributed by atoms with Crippen molar-refractivity contribution in [2.45, 2.75) is 103 Å². The van der Waals surface area contributed by atoms with Gasteiger partial charge in [-0.05, 0) is 153 Å². The Labute approximate surface area is 342 Å². The van der Waals surface area contributed by atoms with Crippen molar-refractivity contribution in [3.63, 3.8) is 0 Å². The predicted molar refractivity (Wildman–Crippen MR) is 217 cm³/mol. The molecule has 10 nitrogen and oxygen atoms in total. The van der Waals surface area contributed by atoms with Gasteiger partial charge in [0.05, 0.1) is 11.9 Å². The minimum Gasteiger partial charge on any atom is -0.351 e. The van der Waals surface area contributed by atoms with Crippen molar-refractivity contribution in [3.05, 3.63) is 69.2 Å². The average Bonchev–Trinajstić information content (AvgIpc) is 3.94. The molecule has 0 bridgehead atoms. The van der Waals surface area contributed by atoms with Crippen LogP contribution in [0.5, 0.6) is 0 Å². The van der Waals surface area contributed by atoms with E-state index in [0.29, 0.717) is 17.4 Å². The molecule has 2 saturated carbocycles. The number of nitrogens with zero attached hydrogens (tertiary/aromatic N) is 1. The maximum atomic E-state index is 13.4. The van der Waals surface area contributed by atoms with E-state index in [9.17, 15) is 28.0 Å². The molecule has 5 N–H and O–H groups in total. The van der Waals surface area contributed by atoms with Crippen LogP contribution in [0.2, 0.25) is 10.0 Å². The average molecular weight is 873 g/mol. The normalized spacial score (nSPS) is 20.9. The molecule has 55 heavy (non-hydrogen) atoms. The lowest BCUT2D eigenvalue weighted by Crippen LogP contribution is -2.48. The Bertz CT molecular complexity index is 1660. The lowest BCUT2D eigenvalue weighted by atomic mass is 9.92. The monoisotopic (exact) mass is 870 g/mol. The maximum absolute atomic E-state index is 13.4. The smallest absolute Gasteiger partial charge is 0.251 e. The summed E-state index contributed by atoms with van der Waals surface area (Å²) in [5.74, 6) is -1.44. The summed E-state index contributed by atoms with van der Waals surface area (Å²) in [4.78, 5) is 49.3. The molecule has 2 aromatic rings. The van der Waals surface area contributed by atoms with Gasteiger partial charge in [-0.1, -0.05) is 39.1 Å². The second-order valence-corrected chi connectivity index (χ2v) is 18.7. The highest BCUT2D eigenvalue weighted by Crippen LogP contribution is 2.54. The van der Waals surface area contributed by atoms with Gasteiger partial charge >= 0.3 is 0 Å². The van der Waals surface area contributed by atoms with Crippen LogP contribution in [-0.2, 0) is 9.59 Å². The predicted octanol–water partition coefficient (Wildman–Crippen LogP) is 6.63. The fourth-order valence-corrected chi connectivity index (χ4v) is 7.84. The van der Waals surface area contributed by atoms with Gasteiger partial charge in [0.15, 0.2) is 0 Å². The first-order chi connectivity index (χ1) is 25.6. The third-order valence-electron chi connectivity index (χ3n) is 10.2. The van der Waals surface area contributed by atoms with Crippen molar-refractivity contribution in [1.82, 2.24) is 31.5 Å². The molecule has 2 atom stereocenters. The third-order valence-corrected chi connectivity index (χ3v) is 11.2. The molecule has 4 fully saturated rings. The number of benzene rings is 2. The van der Waals surface area contributed by atoms with E-state index < -0.39 is 11.6 Å². The zero-order valence-electron chi connectivity index (χ0n) is 32.6. The van der Waals surface area contributed by atoms with Gasteiger partial charge < -0.3 is 26.6 Å². The van der Waals surface area contributed by atoms with Crippen LogP contribution in [0.3, 0.4) is 0 Å². The minimum absolute atomic E-state index is 0.0301. The van der Waals surface area contributed by atoms with Gasteiger partial charge in [-0.25, -0.2) is 8.78 Å². The number of rotatable bonds is 7. The van der Waals surface area contributed by atoms with E-state index in [4.69, 9.17) is 23.2 Å². The van der Waals surface area contributed by atoms with Crippen molar-refractivity contribution >= 4 is 62.8 Å². The summed E-state index contributed by atoms with van der Waals surface area (Å²) < 4.78 is 26.7. The fraction of sp³-hybridized carbons (Fsp3) is 0.600. The second-order valence-electron chi connectivity index (χ2n) is 17.3. The van der Waals surface area contributed by atoms with Crippen LogP contribution in [0, 0.1) is 22.5 Å². The molecule has 2 aliphatic carbocycles. The summed E-state index contributed by atoms with van der Waals surface area (Å²) in [6.45, 7) is 15.9. The minimum atomic E-state index is -0.514. The van der Waals surface area contributed by atoms with E-state index in [0.717, 1.165) is 64.7 Å². The Balaban J connectivity index is 0.000000208. The molecule has 6 rings (SSSR count). The van der Waals surface area contributed by atoms with Crippen LogP contribution in [-0.4, -0.2) is 89.7 Å². The SMILES string of the molecule is CC(C)(C)NC(=O)CBr.CC(C)(C)NC(=O)CN1CCC2(CC1)C[C@H]2NC(=O)c1cc(F)cc(Cl)c1.O=C(N[C@@H]1CC12CCNCC2)c1cc(F)cc(Cl)c1. The molecular formula is C40H55BrCl2F2N6O4. The molecule has 2 aliphatic heterocycles. The summed E-state index contributed by atoms with van der Waals surface area (Å²) >= 11 is 14.6. The molecule has 0 radical (unpaired) electrons. The number of halogens is 5. The van der Waals surface area contributed by atoms with Gasteiger partial charge in [-0.2, -0.15) is 0 Å². The number of alkyl halides is 1. The van der Waals surface area contributed by atoms with E-state index >= 15 is 0 Å². The highest BCUT2D eigenvalue weighted by Gasteiger charge is 2.56. The molecular weight excluding hydrogens is 817 g/mol. The van der Waals surface area contributed by atoms with Gasteiger partial charge in [0.2, 0.25) is 11.8 Å². The molecule has 304 valence electrons. The summed E-state index contributed by atoms with van der Waals surface area (Å²) in [6, 6.07) is 8.11. The van der Waals surface area contributed by atoms with Crippen LogP contribution >= 0.6 is 39.1 Å². The third kappa shape index (κ3) is 14.2. The topological polar surface area (TPSA) is 132 Å². The Hall–Kier alpha value is -2.84. The van der Waals surface area contributed by atoms with Crippen LogP contribution in [0.4, 0.5) is 8.78 Å². The summed E-state index contributed by atoms with van der Waals surface area (Å²) in [6.07, 6.45) is 6.06. The van der Waals surface area contributed by atoms with Gasteiger partial charge in [0, 0.05) is 44.3 Å². The quantitative estimate of drug-likeness (QED) is 0.199. The second kappa shape index (κ2) is 18.6. The number of carbonyl (C=O) groups excluding carboxylic acids is 4. The first-order valence-electron chi connectivity index (χ1n) is 18.8. The van der Waals surface area contributed by atoms with Crippen LogP contribution in [0.15, 0.2) is 36.4 Å². The Morgan fingerprint density at radius 3 is 1.53 bits per heavy atom. The molecule has 0 unspecified atom stereocenters. The largest absolute Gasteiger partial charge is 0.351 e. The lowest BCUT2D eigenvalue weighted by Gasteiger charge is -2.33. The molecule has 4 amide bonds. The number of hydrogen-bond acceptors (Lipinski definition) is 6. The standard InChI is InChI=1S/C20H27ClFN3O2.C14H16ClFN2O.C6H12BrNO/c1-19(2,3)24-17(26)12-25-6-4-20(5-7-25)11-16(20)23-18(27)13-8-14(21)10-15(22)9-13;15-10-5-9(6-11(16)7-10)13(19)18-12-8-14(12)1-3-17-4-2-14;1-6(2,3)8-5(9)4-7/h8-10,16H,4-7,11-12H2,1-3H3,(H,23,27)(H,24,26);5-7,12,17H,1-4,8H2,(H,18,19);4H2,1-3H3,(H,8,9)/t16-;12-;/m11./s1. The van der Waals surface area contributed by atoms with E-state index in [2.05, 4.69) is 47.4 Å². The van der Waals surface area contributed by atoms with Gasteiger partial charge in [-0.15, -0.1) is 0 Å². The van der Waals surface area contributed by atoms with Crippen molar-refractivity contribution in [2.24, 2.45) is 10.8 Å². The van der Waals surface area contributed by atoms with Crippen molar-refractivity contribution in [3.8, 4) is 0 Å². The first kappa shape index (κ1) is 44.9. The van der Waals surface area contributed by atoms with Crippen LogP contribution in [0.25, 0.3) is 0 Å². The number of hydrogen-bond donors (Lipinski definition) is 5. The Morgan fingerprint density at radius 1 is 0.727 bits per heavy atom. The van der Waals surface area contributed by atoms with Crippen molar-refractivity contribution < 1.29 is 28.0 Å². The number of likely N-dealkylation sites (tertiary alicyclic amines) is 1. The Kier molecular flexibility index (Phi) is 15.2. The van der Waals surface area contributed by atoms with E-state index in [-0.39, 0.29) is 73.2 Å². The number of piperidine rings is 2. The first-order valence-corrected chi connectivity index (χ1v) is 20.6. The van der Waals surface area contributed by atoms with Gasteiger partial charge in [0.25, 0.3) is 11.8 Å². The van der Waals surface area contributed by atoms with Crippen molar-refractivity contribution in [1.29, 1.82) is 0 Å². The van der Waals surface area contributed by atoms with Gasteiger partial charge in [-0.3, -0.25) is 24.1 Å². The molecule has 15 heteroatoms. The fourth-order valence-electron chi connectivity index (χ4n) is 7.26. The number of carbonyl (C=O) groups is 4. The number of amides is 4. The van der Waals surface area contributed by atoms with E-state index in [1.807, 2.05) is 41.5 Å². The highest BCUT2D eigenvalue weighted by atomic mass is 79.9. The molecule has 0 aromatic heterocycles. The summed E-state index contributed by atoms with van der Waals surface area (Å²) in [7, 11) is 0. The Morgan fingerprint density at radius 2 is 1.15 bits per heavy atom. The van der Waals surface area contributed by atoms with Gasteiger partial charge in [0.1, 0.15) is 11.6 Å². The number of nitrogens with one attached hydrogen (secondary N) is 5. The molecule has 2 heterocycles. The zero-order chi connectivity index (χ0) is 40.8. The maximum Gasteiger partial charge on any atom is 0.251 e. The lowest BCUT2D eigenvalue weighted by molar-refractivity contribution is -0.124. The van der Waals surface area contributed by atoms with E-state index in [1.54, 1.807) is 0 Å². The summed E-state index contributed by atoms with van der Waals surface area (Å²) in [5, 5.41) is 15.9. The van der Waals surface area contributed by atoms with Crippen LogP contribution in [0.1, 0.15) is 101 Å². The van der Waals surface area contributed by atoms with Crippen LogP contribution < -0.4 is 26.6 Å². The molecule has 4 aliphatic rings. The molecule has 2 aromatic carbocycles.